The van der Waals surface area contributed by atoms with Gasteiger partial charge in [-0.2, -0.15) is 5.10 Å². The highest BCUT2D eigenvalue weighted by Gasteiger charge is 1.99. The summed E-state index contributed by atoms with van der Waals surface area (Å²) in [7, 11) is 0. The van der Waals surface area contributed by atoms with Crippen LogP contribution in [-0.2, 0) is 6.54 Å². The quantitative estimate of drug-likeness (QED) is 0.886. The summed E-state index contributed by atoms with van der Waals surface area (Å²) in [6, 6.07) is 11.6. The van der Waals surface area contributed by atoms with E-state index >= 15 is 0 Å². The van der Waals surface area contributed by atoms with E-state index in [2.05, 4.69) is 15.5 Å². The molecule has 16 heavy (non-hydrogen) atoms. The molecule has 0 fully saturated rings. The molecule has 4 heteroatoms. The Labute approximate surface area is 99.5 Å². The minimum Gasteiger partial charge on any atom is -0.364 e. The first-order chi connectivity index (χ1) is 7.75. The molecule has 0 unspecified atom stereocenters. The highest BCUT2D eigenvalue weighted by Crippen LogP contribution is 2.15. The van der Waals surface area contributed by atoms with Gasteiger partial charge in [0, 0.05) is 11.6 Å². The lowest BCUT2D eigenvalue weighted by atomic mass is 10.2. The Hall–Kier alpha value is -1.61. The highest BCUT2D eigenvalue weighted by atomic mass is 35.5. The second kappa shape index (κ2) is 4.94. The Morgan fingerprint density at radius 3 is 2.62 bits per heavy atom. The summed E-state index contributed by atoms with van der Waals surface area (Å²) < 4.78 is 0. The summed E-state index contributed by atoms with van der Waals surface area (Å²) >= 11 is 6.04. The molecule has 1 N–H and O–H groups in total. The van der Waals surface area contributed by atoms with Gasteiger partial charge in [0.05, 0.1) is 5.69 Å². The van der Waals surface area contributed by atoms with E-state index in [1.807, 2.05) is 43.3 Å². The molecule has 1 aromatic heterocycles. The Balaban J connectivity index is 2.02. The van der Waals surface area contributed by atoms with Crippen LogP contribution in [-0.4, -0.2) is 10.2 Å². The smallest absolute Gasteiger partial charge is 0.148 e. The molecule has 2 rings (SSSR count). The van der Waals surface area contributed by atoms with Gasteiger partial charge >= 0.3 is 0 Å². The van der Waals surface area contributed by atoms with Crippen LogP contribution in [0.4, 0.5) is 5.82 Å². The van der Waals surface area contributed by atoms with Crippen molar-refractivity contribution < 1.29 is 0 Å². The van der Waals surface area contributed by atoms with Crippen molar-refractivity contribution in [1.82, 2.24) is 10.2 Å². The molecule has 0 saturated heterocycles. The van der Waals surface area contributed by atoms with E-state index in [9.17, 15) is 0 Å². The number of rotatable bonds is 3. The van der Waals surface area contributed by atoms with Crippen molar-refractivity contribution in [2.24, 2.45) is 0 Å². The Kier molecular flexibility index (Phi) is 3.37. The van der Waals surface area contributed by atoms with E-state index in [4.69, 9.17) is 11.6 Å². The van der Waals surface area contributed by atoms with E-state index in [0.717, 1.165) is 22.1 Å². The molecule has 3 nitrogen and oxygen atoms in total. The van der Waals surface area contributed by atoms with Crippen molar-refractivity contribution in [3.63, 3.8) is 0 Å². The molecule has 0 aliphatic heterocycles. The van der Waals surface area contributed by atoms with Crippen molar-refractivity contribution in [1.29, 1.82) is 0 Å². The van der Waals surface area contributed by atoms with Crippen molar-refractivity contribution in [3.05, 3.63) is 52.7 Å². The molecule has 1 aromatic carbocycles. The molecule has 2 aromatic rings. The van der Waals surface area contributed by atoms with Crippen molar-refractivity contribution in [2.45, 2.75) is 13.5 Å². The molecule has 0 aliphatic rings. The molecule has 82 valence electrons. The average molecular weight is 234 g/mol. The molecule has 0 radical (unpaired) electrons. The monoisotopic (exact) mass is 233 g/mol. The van der Waals surface area contributed by atoms with Gasteiger partial charge < -0.3 is 5.32 Å². The number of hydrogen-bond donors (Lipinski definition) is 1. The normalized spacial score (nSPS) is 10.1. The number of aromatic nitrogens is 2. The summed E-state index contributed by atoms with van der Waals surface area (Å²) in [5, 5.41) is 11.9. The topological polar surface area (TPSA) is 37.8 Å². The van der Waals surface area contributed by atoms with Crippen molar-refractivity contribution in [3.8, 4) is 0 Å². The summed E-state index contributed by atoms with van der Waals surface area (Å²) in [6.07, 6.45) is 0. The highest BCUT2D eigenvalue weighted by molar-refractivity contribution is 6.31. The van der Waals surface area contributed by atoms with Gasteiger partial charge in [-0.3, -0.25) is 0 Å². The van der Waals surface area contributed by atoms with Crippen LogP contribution < -0.4 is 5.32 Å². The molecule has 1 heterocycles. The van der Waals surface area contributed by atoms with E-state index in [1.54, 1.807) is 0 Å². The van der Waals surface area contributed by atoms with Crippen LogP contribution in [0.15, 0.2) is 36.4 Å². The van der Waals surface area contributed by atoms with E-state index in [1.165, 1.54) is 0 Å². The summed E-state index contributed by atoms with van der Waals surface area (Å²) in [5.41, 5.74) is 1.95. The minimum absolute atomic E-state index is 0.650. The Morgan fingerprint density at radius 2 is 1.94 bits per heavy atom. The standard InChI is InChI=1S/C12H12ClN3/c1-9-6-7-12(16-15-9)14-8-10-4-2-3-5-11(10)13/h2-7H,8H2,1H3,(H,14,16). The van der Waals surface area contributed by atoms with Gasteiger partial charge in [0.15, 0.2) is 0 Å². The van der Waals surface area contributed by atoms with Gasteiger partial charge in [-0.15, -0.1) is 5.10 Å². The molecule has 0 amide bonds. The van der Waals surface area contributed by atoms with E-state index in [0.29, 0.717) is 6.54 Å². The first-order valence-electron chi connectivity index (χ1n) is 5.03. The average Bonchev–Trinajstić information content (AvgIpc) is 2.30. The minimum atomic E-state index is 0.650. The second-order valence-corrected chi connectivity index (χ2v) is 3.91. The number of halogens is 1. The van der Waals surface area contributed by atoms with Gasteiger partial charge in [0.1, 0.15) is 5.82 Å². The lowest BCUT2D eigenvalue weighted by Crippen LogP contribution is -2.02. The molecular weight excluding hydrogens is 222 g/mol. The number of anilines is 1. The van der Waals surface area contributed by atoms with Crippen LogP contribution in [0.3, 0.4) is 0 Å². The number of nitrogens with zero attached hydrogens (tertiary/aromatic N) is 2. The number of benzene rings is 1. The third-order valence-corrected chi connectivity index (χ3v) is 2.58. The number of aryl methyl sites for hydroxylation is 1. The second-order valence-electron chi connectivity index (χ2n) is 3.50. The summed E-state index contributed by atoms with van der Waals surface area (Å²) in [6.45, 7) is 2.56. The third kappa shape index (κ3) is 2.70. The molecule has 0 atom stereocenters. The van der Waals surface area contributed by atoms with Crippen LogP contribution in [0.1, 0.15) is 11.3 Å². The zero-order valence-electron chi connectivity index (χ0n) is 8.94. The van der Waals surface area contributed by atoms with Gasteiger partial charge in [0.25, 0.3) is 0 Å². The van der Waals surface area contributed by atoms with Gasteiger partial charge in [-0.25, -0.2) is 0 Å². The maximum Gasteiger partial charge on any atom is 0.148 e. The van der Waals surface area contributed by atoms with Gasteiger partial charge in [-0.05, 0) is 30.7 Å². The fraction of sp³-hybridized carbons (Fsp3) is 0.167. The molecule has 0 saturated carbocycles. The van der Waals surface area contributed by atoms with E-state index < -0.39 is 0 Å². The molecule has 0 spiro atoms. The SMILES string of the molecule is Cc1ccc(NCc2ccccc2Cl)nn1. The first kappa shape index (κ1) is 10.9. The Bertz CT molecular complexity index is 468. The maximum atomic E-state index is 6.04. The summed E-state index contributed by atoms with van der Waals surface area (Å²) in [4.78, 5) is 0. The number of nitrogens with one attached hydrogen (secondary N) is 1. The number of hydrogen-bond acceptors (Lipinski definition) is 3. The van der Waals surface area contributed by atoms with E-state index in [-0.39, 0.29) is 0 Å². The lowest BCUT2D eigenvalue weighted by Gasteiger charge is -2.06. The lowest BCUT2D eigenvalue weighted by molar-refractivity contribution is 0.963. The van der Waals surface area contributed by atoms with Crippen molar-refractivity contribution >= 4 is 17.4 Å². The van der Waals surface area contributed by atoms with Crippen LogP contribution in [0, 0.1) is 6.92 Å². The maximum absolute atomic E-state index is 6.04. The van der Waals surface area contributed by atoms with Crippen LogP contribution in [0.2, 0.25) is 5.02 Å². The van der Waals surface area contributed by atoms with Gasteiger partial charge in [-0.1, -0.05) is 29.8 Å². The largest absolute Gasteiger partial charge is 0.364 e. The molecule has 0 aliphatic carbocycles. The third-order valence-electron chi connectivity index (χ3n) is 2.22. The fourth-order valence-corrected chi connectivity index (χ4v) is 1.52. The first-order valence-corrected chi connectivity index (χ1v) is 5.41. The van der Waals surface area contributed by atoms with Crippen LogP contribution in [0.5, 0.6) is 0 Å². The molecular formula is C12H12ClN3. The van der Waals surface area contributed by atoms with Crippen molar-refractivity contribution in [2.75, 3.05) is 5.32 Å². The van der Waals surface area contributed by atoms with Gasteiger partial charge in [0.2, 0.25) is 0 Å². The predicted molar refractivity (Wildman–Crippen MR) is 65.5 cm³/mol. The summed E-state index contributed by atoms with van der Waals surface area (Å²) in [5.74, 6) is 0.755. The zero-order valence-corrected chi connectivity index (χ0v) is 9.70. The van der Waals surface area contributed by atoms with Crippen LogP contribution in [0.25, 0.3) is 0 Å². The van der Waals surface area contributed by atoms with Crippen LogP contribution >= 0.6 is 11.6 Å². The predicted octanol–water partition coefficient (Wildman–Crippen LogP) is 3.05. The molecule has 0 bridgehead atoms. The Morgan fingerprint density at radius 1 is 1.12 bits per heavy atom. The zero-order chi connectivity index (χ0) is 11.4. The fourth-order valence-electron chi connectivity index (χ4n) is 1.32.